The Morgan fingerprint density at radius 3 is 2.41 bits per heavy atom. The zero-order valence-electron chi connectivity index (χ0n) is 21.6. The highest BCUT2D eigenvalue weighted by Crippen LogP contribution is 2.41. The lowest BCUT2D eigenvalue weighted by Crippen LogP contribution is -2.71. The van der Waals surface area contributed by atoms with Gasteiger partial charge < -0.3 is 4.90 Å². The van der Waals surface area contributed by atoms with E-state index >= 15 is 0 Å². The summed E-state index contributed by atoms with van der Waals surface area (Å²) in [5.74, 6) is -2.60. The number of hydrogen-bond donors (Lipinski definition) is 0. The number of halogens is 2. The Kier molecular flexibility index (Phi) is 7.46. The van der Waals surface area contributed by atoms with Gasteiger partial charge in [-0.15, -0.1) is 0 Å². The molecule has 4 aliphatic rings. The molecule has 5 rings (SSSR count). The summed E-state index contributed by atoms with van der Waals surface area (Å²) in [5.41, 5.74) is 0.205. The molecule has 1 aromatic rings. The van der Waals surface area contributed by atoms with Crippen LogP contribution in [0.4, 0.5) is 8.78 Å². The van der Waals surface area contributed by atoms with Gasteiger partial charge in [0.2, 0.25) is 15.9 Å². The van der Waals surface area contributed by atoms with Crippen molar-refractivity contribution >= 4 is 21.7 Å². The third kappa shape index (κ3) is 5.21. The number of hydrogen-bond acceptors (Lipinski definition) is 5. The van der Waals surface area contributed by atoms with Gasteiger partial charge in [-0.1, -0.05) is 25.3 Å². The van der Waals surface area contributed by atoms with E-state index in [4.69, 9.17) is 0 Å². The second-order valence-electron chi connectivity index (χ2n) is 11.5. The number of sulfonamides is 1. The maximum atomic E-state index is 14.6. The predicted molar refractivity (Wildman–Crippen MR) is 135 cm³/mol. The van der Waals surface area contributed by atoms with Crippen LogP contribution < -0.4 is 0 Å². The molecule has 2 saturated carbocycles. The van der Waals surface area contributed by atoms with E-state index in [1.807, 2.05) is 6.92 Å². The van der Waals surface area contributed by atoms with Gasteiger partial charge in [0.15, 0.2) is 0 Å². The number of carbonyl (C=O) groups is 2. The molecular weight excluding hydrogens is 500 g/mol. The molecule has 2 aliphatic carbocycles. The average molecular weight is 538 g/mol. The second-order valence-corrected chi connectivity index (χ2v) is 13.4. The quantitative estimate of drug-likeness (QED) is 0.590. The van der Waals surface area contributed by atoms with Crippen LogP contribution >= 0.6 is 0 Å². The Morgan fingerprint density at radius 1 is 1.00 bits per heavy atom. The van der Waals surface area contributed by atoms with Crippen LogP contribution in [0.2, 0.25) is 0 Å². The zero-order valence-corrected chi connectivity index (χ0v) is 22.4. The number of amides is 1. The molecule has 204 valence electrons. The fourth-order valence-corrected chi connectivity index (χ4v) is 8.54. The monoisotopic (exact) mass is 537 g/mol. The highest BCUT2D eigenvalue weighted by atomic mass is 32.2. The Labute approximate surface area is 218 Å². The van der Waals surface area contributed by atoms with Crippen molar-refractivity contribution in [1.82, 2.24) is 14.1 Å². The Morgan fingerprint density at radius 2 is 1.73 bits per heavy atom. The number of piperazine rings is 2. The van der Waals surface area contributed by atoms with Crippen LogP contribution in [-0.2, 0) is 19.6 Å². The summed E-state index contributed by atoms with van der Waals surface area (Å²) in [7, 11) is -3.42. The van der Waals surface area contributed by atoms with Gasteiger partial charge >= 0.3 is 0 Å². The van der Waals surface area contributed by atoms with Gasteiger partial charge in [0.1, 0.15) is 17.4 Å². The third-order valence-corrected chi connectivity index (χ3v) is 10.6. The van der Waals surface area contributed by atoms with E-state index in [1.54, 1.807) is 9.21 Å². The molecule has 2 aliphatic heterocycles. The number of ketones is 1. The number of nitrogens with zero attached hydrogens (tertiary/aromatic N) is 3. The topological polar surface area (TPSA) is 78.0 Å². The summed E-state index contributed by atoms with van der Waals surface area (Å²) in [4.78, 5) is 30.4. The van der Waals surface area contributed by atoms with Crippen LogP contribution in [0.3, 0.4) is 0 Å². The highest BCUT2D eigenvalue weighted by molar-refractivity contribution is 7.88. The molecule has 3 unspecified atom stereocenters. The van der Waals surface area contributed by atoms with Crippen LogP contribution in [0.1, 0.15) is 63.4 Å². The smallest absolute Gasteiger partial charge is 0.226 e. The van der Waals surface area contributed by atoms with Crippen molar-refractivity contribution in [2.75, 3.05) is 32.4 Å². The number of Topliss-reactive ketones (excluding diaryl/α,β-unsaturated/α-hetero) is 1. The minimum absolute atomic E-state index is 0.0426. The molecule has 5 atom stereocenters. The van der Waals surface area contributed by atoms with Crippen molar-refractivity contribution in [3.63, 3.8) is 0 Å². The van der Waals surface area contributed by atoms with Gasteiger partial charge in [-0.05, 0) is 37.3 Å². The van der Waals surface area contributed by atoms with E-state index in [0.717, 1.165) is 37.8 Å². The molecule has 0 bridgehead atoms. The van der Waals surface area contributed by atoms with E-state index in [0.29, 0.717) is 32.1 Å². The molecule has 0 aromatic heterocycles. The molecule has 2 heterocycles. The fraction of sp³-hybridized carbons (Fsp3) is 0.704. The van der Waals surface area contributed by atoms with Gasteiger partial charge in [0, 0.05) is 69.1 Å². The zero-order chi connectivity index (χ0) is 26.5. The summed E-state index contributed by atoms with van der Waals surface area (Å²) in [6, 6.07) is 2.99. The molecule has 1 amide bonds. The van der Waals surface area contributed by atoms with E-state index in [-0.39, 0.29) is 48.2 Å². The molecule has 0 radical (unpaired) electrons. The van der Waals surface area contributed by atoms with Crippen LogP contribution in [0.5, 0.6) is 0 Å². The first-order valence-electron chi connectivity index (χ1n) is 13.5. The number of rotatable bonds is 4. The van der Waals surface area contributed by atoms with E-state index < -0.39 is 33.5 Å². The molecule has 1 aromatic carbocycles. The standard InChI is InChI=1S/C27H37F2N3O4S/c1-17-25-15-30(27(34)23-14-20(33)13-22(23)21-9-8-19(28)12-24(21)29)10-11-31(25)26(16-32(17)37(2,35)36)18-6-4-3-5-7-18/h8-9,12,17-18,22-23,25-26H,3-7,10-11,13-16H2,1-2H3/t17?,22-,23+,25?,26?/m0/s1. The third-order valence-electron chi connectivity index (χ3n) is 9.26. The lowest BCUT2D eigenvalue weighted by atomic mass is 9.80. The van der Waals surface area contributed by atoms with E-state index in [9.17, 15) is 26.8 Å². The maximum absolute atomic E-state index is 14.6. The maximum Gasteiger partial charge on any atom is 0.226 e. The normalized spacial score (nSPS) is 32.5. The van der Waals surface area contributed by atoms with Gasteiger partial charge in [-0.3, -0.25) is 14.5 Å². The molecule has 4 fully saturated rings. The van der Waals surface area contributed by atoms with Gasteiger partial charge in [-0.2, -0.15) is 4.31 Å². The van der Waals surface area contributed by atoms with Crippen molar-refractivity contribution in [3.05, 3.63) is 35.4 Å². The van der Waals surface area contributed by atoms with Crippen molar-refractivity contribution in [1.29, 1.82) is 0 Å². The molecule has 7 nitrogen and oxygen atoms in total. The Balaban J connectivity index is 1.38. The lowest BCUT2D eigenvalue weighted by molar-refractivity contribution is -0.143. The van der Waals surface area contributed by atoms with Crippen LogP contribution in [0.25, 0.3) is 0 Å². The number of benzene rings is 1. The SMILES string of the molecule is CC1C2CN(C(=O)[C@@H]3CC(=O)C[C@H]3c3ccc(F)cc3F)CCN2C(C2CCCCC2)CN1S(C)(=O)=O. The molecular formula is C27H37F2N3O4S. The summed E-state index contributed by atoms with van der Waals surface area (Å²) >= 11 is 0. The first-order chi connectivity index (χ1) is 17.5. The van der Waals surface area contributed by atoms with Gasteiger partial charge in [0.25, 0.3) is 0 Å². The molecule has 2 saturated heterocycles. The summed E-state index contributed by atoms with van der Waals surface area (Å²) in [6.45, 7) is 3.92. The lowest BCUT2D eigenvalue weighted by Gasteiger charge is -2.56. The van der Waals surface area contributed by atoms with Crippen molar-refractivity contribution in [3.8, 4) is 0 Å². The minimum atomic E-state index is -3.42. The summed E-state index contributed by atoms with van der Waals surface area (Å²) in [5, 5.41) is 0. The number of fused-ring (bicyclic) bond motifs is 1. The van der Waals surface area contributed by atoms with Gasteiger partial charge in [0.05, 0.1) is 12.2 Å². The molecule has 37 heavy (non-hydrogen) atoms. The second kappa shape index (κ2) is 10.3. The van der Waals surface area contributed by atoms with Crippen molar-refractivity contribution in [2.24, 2.45) is 11.8 Å². The molecule has 10 heteroatoms. The van der Waals surface area contributed by atoms with Crippen LogP contribution in [0, 0.1) is 23.5 Å². The number of carbonyl (C=O) groups excluding carboxylic acids is 2. The highest BCUT2D eigenvalue weighted by Gasteiger charge is 2.49. The Bertz CT molecular complexity index is 1160. The van der Waals surface area contributed by atoms with E-state index in [1.165, 1.54) is 18.7 Å². The van der Waals surface area contributed by atoms with Crippen LogP contribution in [0.15, 0.2) is 18.2 Å². The van der Waals surface area contributed by atoms with Crippen molar-refractivity contribution < 1.29 is 26.8 Å². The van der Waals surface area contributed by atoms with E-state index in [2.05, 4.69) is 4.90 Å². The molecule has 0 spiro atoms. The van der Waals surface area contributed by atoms with Gasteiger partial charge in [-0.25, -0.2) is 17.2 Å². The minimum Gasteiger partial charge on any atom is -0.340 e. The first kappa shape index (κ1) is 26.7. The Hall–Kier alpha value is -1.91. The molecule has 0 N–H and O–H groups in total. The van der Waals surface area contributed by atoms with Crippen molar-refractivity contribution in [2.45, 2.75) is 75.9 Å². The largest absolute Gasteiger partial charge is 0.340 e. The predicted octanol–water partition coefficient (Wildman–Crippen LogP) is 3.15. The average Bonchev–Trinajstić information content (AvgIpc) is 3.24. The fourth-order valence-electron chi connectivity index (χ4n) is 7.37. The summed E-state index contributed by atoms with van der Waals surface area (Å²) in [6.07, 6.45) is 7.10. The van der Waals surface area contributed by atoms with Crippen LogP contribution in [-0.4, -0.2) is 84.8 Å². The first-order valence-corrected chi connectivity index (χ1v) is 15.4. The summed E-state index contributed by atoms with van der Waals surface area (Å²) < 4.78 is 55.2.